The molecule has 1 fully saturated rings. The van der Waals surface area contributed by atoms with E-state index in [0.29, 0.717) is 18.8 Å². The summed E-state index contributed by atoms with van der Waals surface area (Å²) >= 11 is 0. The van der Waals surface area contributed by atoms with Gasteiger partial charge in [0, 0.05) is 25.0 Å². The van der Waals surface area contributed by atoms with E-state index in [4.69, 9.17) is 15.6 Å². The Morgan fingerprint density at radius 2 is 2.14 bits per heavy atom. The molecule has 1 aromatic carbocycles. The zero-order valence-corrected chi connectivity index (χ0v) is 11.4. The van der Waals surface area contributed by atoms with Crippen molar-refractivity contribution in [2.45, 2.75) is 0 Å². The second kappa shape index (κ2) is 6.87. The van der Waals surface area contributed by atoms with Crippen LogP contribution in [0.1, 0.15) is 0 Å². The van der Waals surface area contributed by atoms with Crippen LogP contribution in [0.2, 0.25) is 0 Å². The molecule has 3 N–H and O–H groups in total. The molecule has 0 aromatic heterocycles. The van der Waals surface area contributed by atoms with Gasteiger partial charge < -0.3 is 20.5 Å². The zero-order valence-electron chi connectivity index (χ0n) is 11.4. The van der Waals surface area contributed by atoms with E-state index in [1.807, 2.05) is 0 Å². The molecule has 112 valence electrons. The van der Waals surface area contributed by atoms with Gasteiger partial charge in [-0.05, 0) is 24.3 Å². The van der Waals surface area contributed by atoms with Crippen molar-refractivity contribution in [3.63, 3.8) is 0 Å². The lowest BCUT2D eigenvalue weighted by molar-refractivity contribution is -0.125. The first-order valence-corrected chi connectivity index (χ1v) is 6.50. The smallest absolute Gasteiger partial charge is 0.415 e. The molecule has 0 unspecified atom stereocenters. The van der Waals surface area contributed by atoms with Gasteiger partial charge in [0.15, 0.2) is 0 Å². The number of morpholine rings is 1. The van der Waals surface area contributed by atoms with Gasteiger partial charge in [0.1, 0.15) is 6.61 Å². The molecule has 0 saturated carbocycles. The number of hydrogen-bond donors (Lipinski definition) is 2. The highest BCUT2D eigenvalue weighted by atomic mass is 16.5. The van der Waals surface area contributed by atoms with Crippen LogP contribution in [0.15, 0.2) is 36.5 Å². The van der Waals surface area contributed by atoms with E-state index in [-0.39, 0.29) is 19.1 Å². The normalized spacial score (nSPS) is 15.5. The lowest BCUT2D eigenvalue weighted by Crippen LogP contribution is -2.41. The lowest BCUT2D eigenvalue weighted by atomic mass is 10.2. The molecule has 1 saturated heterocycles. The number of carbonyl (C=O) groups is 2. The number of ether oxygens (including phenoxy) is 1. The van der Waals surface area contributed by atoms with E-state index in [9.17, 15) is 9.59 Å². The van der Waals surface area contributed by atoms with Gasteiger partial charge in [-0.1, -0.05) is 6.08 Å². The van der Waals surface area contributed by atoms with Gasteiger partial charge >= 0.3 is 6.09 Å². The number of rotatable bonds is 4. The topological polar surface area (TPSA) is 96.1 Å². The van der Waals surface area contributed by atoms with Crippen molar-refractivity contribution in [1.82, 2.24) is 0 Å². The maximum atomic E-state index is 11.7. The van der Waals surface area contributed by atoms with Crippen molar-refractivity contribution in [2.75, 3.05) is 36.1 Å². The molecule has 21 heavy (non-hydrogen) atoms. The van der Waals surface area contributed by atoms with Gasteiger partial charge in [0.2, 0.25) is 0 Å². The van der Waals surface area contributed by atoms with Crippen LogP contribution in [-0.2, 0) is 9.53 Å². The fourth-order valence-electron chi connectivity index (χ4n) is 2.01. The second-order valence-corrected chi connectivity index (χ2v) is 4.39. The van der Waals surface area contributed by atoms with Crippen LogP contribution in [0.5, 0.6) is 0 Å². The number of carbonyl (C=O) groups excluding carboxylic acids is 1. The van der Waals surface area contributed by atoms with Crippen molar-refractivity contribution in [1.29, 1.82) is 0 Å². The Kier molecular flexibility index (Phi) is 4.91. The highest BCUT2D eigenvalue weighted by Crippen LogP contribution is 2.22. The maximum Gasteiger partial charge on any atom is 0.415 e. The maximum absolute atomic E-state index is 11.7. The summed E-state index contributed by atoms with van der Waals surface area (Å²) in [7, 11) is 0. The molecule has 1 aromatic rings. The molecule has 7 nitrogen and oxygen atoms in total. The minimum atomic E-state index is -1.10. The molecule has 1 aliphatic heterocycles. The predicted octanol–water partition coefficient (Wildman–Crippen LogP) is 1.01. The number of nitrogens with two attached hydrogens (primary N) is 1. The van der Waals surface area contributed by atoms with E-state index in [1.165, 1.54) is 6.20 Å². The summed E-state index contributed by atoms with van der Waals surface area (Å²) in [5.74, 6) is -0.105. The van der Waals surface area contributed by atoms with E-state index >= 15 is 0 Å². The fourth-order valence-corrected chi connectivity index (χ4v) is 2.01. The Bertz CT molecular complexity index is 542. The van der Waals surface area contributed by atoms with Gasteiger partial charge in [-0.2, -0.15) is 0 Å². The number of nitrogens with zero attached hydrogens (tertiary/aromatic N) is 2. The van der Waals surface area contributed by atoms with Crippen LogP contribution >= 0.6 is 0 Å². The average Bonchev–Trinajstić information content (AvgIpc) is 2.49. The van der Waals surface area contributed by atoms with Crippen LogP contribution < -0.4 is 15.5 Å². The number of benzene rings is 1. The van der Waals surface area contributed by atoms with Gasteiger partial charge in [-0.3, -0.25) is 9.69 Å². The van der Waals surface area contributed by atoms with Crippen LogP contribution in [-0.4, -0.2) is 43.4 Å². The SMILES string of the molecule is NC/C=C/N(C(=O)O)c1ccc(N2CCOCC2=O)cc1. The standard InChI is InChI=1S/C14H17N3O4/c15-6-1-7-17(14(19)20)12-4-2-11(3-5-12)16-8-9-21-10-13(16)18/h1-5,7H,6,8-10,15H2,(H,19,20)/b7-1+. The monoisotopic (exact) mass is 291 g/mol. The Morgan fingerprint density at radius 1 is 1.43 bits per heavy atom. The first-order valence-electron chi connectivity index (χ1n) is 6.50. The van der Waals surface area contributed by atoms with Crippen LogP contribution in [0.4, 0.5) is 16.2 Å². The summed E-state index contributed by atoms with van der Waals surface area (Å²) in [6.45, 7) is 1.31. The minimum Gasteiger partial charge on any atom is -0.464 e. The first-order chi connectivity index (χ1) is 10.1. The largest absolute Gasteiger partial charge is 0.464 e. The molecule has 1 aliphatic rings. The summed E-state index contributed by atoms with van der Waals surface area (Å²) in [6.07, 6.45) is 1.85. The average molecular weight is 291 g/mol. The van der Waals surface area contributed by atoms with E-state index in [1.54, 1.807) is 35.2 Å². The van der Waals surface area contributed by atoms with Crippen molar-refractivity contribution in [3.8, 4) is 0 Å². The summed E-state index contributed by atoms with van der Waals surface area (Å²) in [5, 5.41) is 9.17. The van der Waals surface area contributed by atoms with Crippen molar-refractivity contribution >= 4 is 23.4 Å². The number of carboxylic acid groups (broad SMARTS) is 1. The third kappa shape index (κ3) is 3.59. The molecule has 0 aliphatic carbocycles. The van der Waals surface area contributed by atoms with Crippen molar-refractivity contribution in [3.05, 3.63) is 36.5 Å². The zero-order chi connectivity index (χ0) is 15.2. The van der Waals surface area contributed by atoms with E-state index in [0.717, 1.165) is 10.6 Å². The van der Waals surface area contributed by atoms with E-state index in [2.05, 4.69) is 0 Å². The molecule has 1 heterocycles. The second-order valence-electron chi connectivity index (χ2n) is 4.39. The molecular weight excluding hydrogens is 274 g/mol. The molecule has 0 radical (unpaired) electrons. The predicted molar refractivity (Wildman–Crippen MR) is 78.3 cm³/mol. The Hall–Kier alpha value is -2.38. The summed E-state index contributed by atoms with van der Waals surface area (Å²) in [6, 6.07) is 6.72. The highest BCUT2D eigenvalue weighted by molar-refractivity contribution is 5.95. The molecule has 0 spiro atoms. The first kappa shape index (κ1) is 15.0. The molecule has 2 amide bonds. The van der Waals surface area contributed by atoms with Crippen LogP contribution in [0.3, 0.4) is 0 Å². The van der Waals surface area contributed by atoms with Crippen LogP contribution in [0, 0.1) is 0 Å². The van der Waals surface area contributed by atoms with Gasteiger partial charge in [-0.15, -0.1) is 0 Å². The summed E-state index contributed by atoms with van der Waals surface area (Å²) in [4.78, 5) is 25.6. The van der Waals surface area contributed by atoms with Crippen molar-refractivity contribution in [2.24, 2.45) is 5.73 Å². The number of amides is 2. The Labute approximate surface area is 122 Å². The van der Waals surface area contributed by atoms with Crippen molar-refractivity contribution < 1.29 is 19.4 Å². The summed E-state index contributed by atoms with van der Waals surface area (Å²) in [5.41, 5.74) is 6.53. The lowest BCUT2D eigenvalue weighted by Gasteiger charge is -2.27. The number of hydrogen-bond acceptors (Lipinski definition) is 4. The minimum absolute atomic E-state index is 0.0717. The third-order valence-corrected chi connectivity index (χ3v) is 3.02. The van der Waals surface area contributed by atoms with Crippen LogP contribution in [0.25, 0.3) is 0 Å². The number of anilines is 2. The molecule has 0 atom stereocenters. The van der Waals surface area contributed by atoms with Gasteiger partial charge in [0.25, 0.3) is 5.91 Å². The third-order valence-electron chi connectivity index (χ3n) is 3.02. The quantitative estimate of drug-likeness (QED) is 0.863. The Balaban J connectivity index is 2.18. The molecule has 7 heteroatoms. The van der Waals surface area contributed by atoms with Gasteiger partial charge in [0.05, 0.1) is 12.3 Å². The summed E-state index contributed by atoms with van der Waals surface area (Å²) < 4.78 is 5.07. The molecule has 2 rings (SSSR count). The fraction of sp³-hybridized carbons (Fsp3) is 0.286. The van der Waals surface area contributed by atoms with Gasteiger partial charge in [-0.25, -0.2) is 4.79 Å². The highest BCUT2D eigenvalue weighted by Gasteiger charge is 2.20. The molecular formula is C14H17N3O4. The Morgan fingerprint density at radius 3 is 2.71 bits per heavy atom. The molecule has 0 bridgehead atoms. The van der Waals surface area contributed by atoms with E-state index < -0.39 is 6.09 Å².